The first kappa shape index (κ1) is 14.3. The molecule has 7 heteroatoms. The van der Waals surface area contributed by atoms with E-state index in [1.807, 2.05) is 0 Å². The first-order valence-corrected chi connectivity index (χ1v) is 6.94. The molecule has 2 aromatic carbocycles. The molecule has 0 N–H and O–H groups in total. The smallest absolute Gasteiger partial charge is 0.259 e. The van der Waals surface area contributed by atoms with Crippen LogP contribution in [-0.2, 0) is 0 Å². The van der Waals surface area contributed by atoms with Crippen molar-refractivity contribution in [1.82, 2.24) is 9.55 Å². The summed E-state index contributed by atoms with van der Waals surface area (Å²) in [5, 5.41) is 0.265. The molecule has 0 saturated heterocycles. The molecule has 1 heterocycles. The Bertz CT molecular complexity index is 924. The van der Waals surface area contributed by atoms with Crippen molar-refractivity contribution < 1.29 is 4.39 Å². The summed E-state index contributed by atoms with van der Waals surface area (Å²) in [5.74, 6) is -0.657. The Hall–Kier alpha value is -1.62. The number of hydrogen-bond acceptors (Lipinski definition) is 2. The van der Waals surface area contributed by atoms with Gasteiger partial charge in [-0.2, -0.15) is 4.98 Å². The van der Waals surface area contributed by atoms with E-state index in [0.717, 1.165) is 6.07 Å². The van der Waals surface area contributed by atoms with Gasteiger partial charge < -0.3 is 0 Å². The molecule has 106 valence electrons. The first-order valence-electron chi connectivity index (χ1n) is 5.81. The minimum atomic E-state index is -0.665. The van der Waals surface area contributed by atoms with Gasteiger partial charge in [-0.15, -0.1) is 0 Å². The van der Waals surface area contributed by atoms with Gasteiger partial charge in [0, 0.05) is 5.02 Å². The molecule has 21 heavy (non-hydrogen) atoms. The van der Waals surface area contributed by atoms with Crippen LogP contribution in [0.25, 0.3) is 16.6 Å². The van der Waals surface area contributed by atoms with Crippen LogP contribution in [0.1, 0.15) is 0 Å². The van der Waals surface area contributed by atoms with Gasteiger partial charge in [0.1, 0.15) is 11.0 Å². The second-order valence-corrected chi connectivity index (χ2v) is 5.46. The number of para-hydroxylation sites is 1. The molecule has 3 rings (SSSR count). The lowest BCUT2D eigenvalue weighted by molar-refractivity contribution is 0.638. The summed E-state index contributed by atoms with van der Waals surface area (Å²) < 4.78 is 15.3. The van der Waals surface area contributed by atoms with Crippen LogP contribution in [0.5, 0.6) is 0 Å². The Morgan fingerprint density at radius 3 is 2.52 bits per heavy atom. The normalized spacial score (nSPS) is 11.0. The molecule has 0 aliphatic heterocycles. The van der Waals surface area contributed by atoms with Crippen LogP contribution in [0, 0.1) is 5.82 Å². The molecule has 0 fully saturated rings. The molecule has 0 aliphatic carbocycles. The van der Waals surface area contributed by atoms with Gasteiger partial charge in [-0.05, 0) is 24.3 Å². The fourth-order valence-corrected chi connectivity index (χ4v) is 2.78. The van der Waals surface area contributed by atoms with Crippen molar-refractivity contribution in [2.45, 2.75) is 0 Å². The molecule has 3 aromatic rings. The average molecular weight is 344 g/mol. The Balaban J connectivity index is 2.54. The Morgan fingerprint density at radius 1 is 1.10 bits per heavy atom. The fourth-order valence-electron chi connectivity index (χ4n) is 2.10. The van der Waals surface area contributed by atoms with Crippen LogP contribution in [0.3, 0.4) is 0 Å². The molecule has 1 aromatic heterocycles. The van der Waals surface area contributed by atoms with Gasteiger partial charge >= 0.3 is 5.69 Å². The molecule has 3 nitrogen and oxygen atoms in total. The van der Waals surface area contributed by atoms with Crippen LogP contribution >= 0.6 is 34.8 Å². The molecule has 0 saturated carbocycles. The zero-order valence-corrected chi connectivity index (χ0v) is 12.5. The van der Waals surface area contributed by atoms with E-state index in [-0.39, 0.29) is 21.1 Å². The standard InChI is InChI=1S/C14H6Cl3FN2O/c15-7-5-9(18)12-11(6-7)20(14(21)19-13(12)17)10-4-2-1-3-8(10)16/h1-6H. The lowest BCUT2D eigenvalue weighted by Crippen LogP contribution is -2.22. The number of halogens is 4. The van der Waals surface area contributed by atoms with E-state index in [1.165, 1.54) is 10.6 Å². The van der Waals surface area contributed by atoms with Gasteiger partial charge in [0.05, 0.1) is 21.6 Å². The number of fused-ring (bicyclic) bond motifs is 1. The van der Waals surface area contributed by atoms with Crippen molar-refractivity contribution in [1.29, 1.82) is 0 Å². The molecule has 0 unspecified atom stereocenters. The van der Waals surface area contributed by atoms with E-state index >= 15 is 0 Å². The van der Waals surface area contributed by atoms with Crippen molar-refractivity contribution in [3.8, 4) is 5.69 Å². The highest BCUT2D eigenvalue weighted by atomic mass is 35.5. The SMILES string of the molecule is O=c1nc(Cl)c2c(F)cc(Cl)cc2n1-c1ccccc1Cl. The van der Waals surface area contributed by atoms with Crippen molar-refractivity contribution in [3.63, 3.8) is 0 Å². The van der Waals surface area contributed by atoms with E-state index in [9.17, 15) is 9.18 Å². The summed E-state index contributed by atoms with van der Waals surface area (Å²) in [7, 11) is 0. The number of hydrogen-bond donors (Lipinski definition) is 0. The number of nitrogens with zero attached hydrogens (tertiary/aromatic N) is 2. The molecule has 0 amide bonds. The maximum absolute atomic E-state index is 14.1. The Kier molecular flexibility index (Phi) is 3.61. The fraction of sp³-hybridized carbons (Fsp3) is 0. The zero-order chi connectivity index (χ0) is 15.1. The summed E-state index contributed by atoms with van der Waals surface area (Å²) in [6.45, 7) is 0. The van der Waals surface area contributed by atoms with Crippen LogP contribution in [0.2, 0.25) is 15.2 Å². The largest absolute Gasteiger partial charge is 0.354 e. The molecule has 0 radical (unpaired) electrons. The topological polar surface area (TPSA) is 34.9 Å². The maximum atomic E-state index is 14.1. The van der Waals surface area contributed by atoms with E-state index in [0.29, 0.717) is 10.7 Å². The second kappa shape index (κ2) is 5.30. The zero-order valence-electron chi connectivity index (χ0n) is 10.3. The van der Waals surface area contributed by atoms with Gasteiger partial charge in [-0.25, -0.2) is 9.18 Å². The van der Waals surface area contributed by atoms with Gasteiger partial charge in [0.25, 0.3) is 0 Å². The highest BCUT2D eigenvalue weighted by molar-refractivity contribution is 6.35. The van der Waals surface area contributed by atoms with E-state index in [1.54, 1.807) is 24.3 Å². The number of benzene rings is 2. The van der Waals surface area contributed by atoms with Crippen molar-refractivity contribution >= 4 is 45.7 Å². The third-order valence-corrected chi connectivity index (χ3v) is 3.77. The third kappa shape index (κ3) is 2.39. The van der Waals surface area contributed by atoms with Gasteiger partial charge in [-0.3, -0.25) is 4.57 Å². The Morgan fingerprint density at radius 2 is 1.81 bits per heavy atom. The maximum Gasteiger partial charge on any atom is 0.354 e. The molecular weight excluding hydrogens is 338 g/mol. The average Bonchev–Trinajstić information content (AvgIpc) is 2.39. The van der Waals surface area contributed by atoms with Crippen molar-refractivity contribution in [2.75, 3.05) is 0 Å². The van der Waals surface area contributed by atoms with Crippen LogP contribution in [0.15, 0.2) is 41.2 Å². The monoisotopic (exact) mass is 342 g/mol. The van der Waals surface area contributed by atoms with Crippen molar-refractivity contribution in [2.24, 2.45) is 0 Å². The van der Waals surface area contributed by atoms with E-state index in [4.69, 9.17) is 34.8 Å². The summed E-state index contributed by atoms with van der Waals surface area (Å²) in [4.78, 5) is 15.8. The summed E-state index contributed by atoms with van der Waals surface area (Å²) in [6.07, 6.45) is 0. The first-order chi connectivity index (χ1) is 9.99. The van der Waals surface area contributed by atoms with Crippen LogP contribution in [0.4, 0.5) is 4.39 Å². The molecule has 0 spiro atoms. The molecule has 0 aliphatic rings. The number of aromatic nitrogens is 2. The molecule has 0 bridgehead atoms. The highest BCUT2D eigenvalue weighted by Crippen LogP contribution is 2.29. The van der Waals surface area contributed by atoms with Gasteiger partial charge in [0.15, 0.2) is 0 Å². The second-order valence-electron chi connectivity index (χ2n) is 4.25. The summed E-state index contributed by atoms with van der Waals surface area (Å²) >= 11 is 17.9. The highest BCUT2D eigenvalue weighted by Gasteiger charge is 2.16. The van der Waals surface area contributed by atoms with Crippen LogP contribution < -0.4 is 5.69 Å². The predicted octanol–water partition coefficient (Wildman–Crippen LogP) is 4.49. The van der Waals surface area contributed by atoms with E-state index < -0.39 is 11.5 Å². The Labute approximate surface area is 133 Å². The third-order valence-electron chi connectivity index (χ3n) is 2.96. The lowest BCUT2D eigenvalue weighted by Gasteiger charge is -2.12. The van der Waals surface area contributed by atoms with Crippen molar-refractivity contribution in [3.05, 3.63) is 67.9 Å². The summed E-state index contributed by atoms with van der Waals surface area (Å²) in [5.41, 5.74) is -0.0830. The minimum Gasteiger partial charge on any atom is -0.259 e. The van der Waals surface area contributed by atoms with Crippen LogP contribution in [-0.4, -0.2) is 9.55 Å². The minimum absolute atomic E-state index is 0.0144. The number of rotatable bonds is 1. The predicted molar refractivity (Wildman–Crippen MR) is 82.3 cm³/mol. The van der Waals surface area contributed by atoms with Gasteiger partial charge in [0.2, 0.25) is 0 Å². The van der Waals surface area contributed by atoms with Gasteiger partial charge in [-0.1, -0.05) is 46.9 Å². The molecular formula is C14H6Cl3FN2O. The summed E-state index contributed by atoms with van der Waals surface area (Å²) in [6, 6.07) is 9.21. The lowest BCUT2D eigenvalue weighted by atomic mass is 10.2. The molecule has 0 atom stereocenters. The quantitative estimate of drug-likeness (QED) is 0.610. The van der Waals surface area contributed by atoms with E-state index in [2.05, 4.69) is 4.98 Å².